The molecule has 1 aliphatic rings. The quantitative estimate of drug-likeness (QED) is 0.793. The number of β-amino-alcohol motifs (C(OH)–C–C–N with tert-alkyl or cyclic N) is 1. The van der Waals surface area contributed by atoms with Gasteiger partial charge in [-0.25, -0.2) is 0 Å². The van der Waals surface area contributed by atoms with Gasteiger partial charge in [-0.15, -0.1) is 0 Å². The molecule has 0 bridgehead atoms. The molecule has 1 heterocycles. The summed E-state index contributed by atoms with van der Waals surface area (Å²) in [5, 5.41) is 13.1. The number of benzene rings is 1. The summed E-state index contributed by atoms with van der Waals surface area (Å²) in [6, 6.07) is 9.95. The molecular weight excluding hydrogens is 216 g/mol. The number of nitrogens with zero attached hydrogens (tertiary/aromatic N) is 1. The fourth-order valence-electron chi connectivity index (χ4n) is 1.94. The first-order valence-electron chi connectivity index (χ1n) is 6.11. The monoisotopic (exact) mass is 236 g/mol. The Morgan fingerprint density at radius 3 is 2.65 bits per heavy atom. The molecule has 2 rings (SSSR count). The average molecular weight is 236 g/mol. The molecule has 94 valence electrons. The van der Waals surface area contributed by atoms with Gasteiger partial charge in [-0.2, -0.15) is 0 Å². The zero-order valence-corrected chi connectivity index (χ0v) is 10.0. The van der Waals surface area contributed by atoms with Crippen LogP contribution in [0.15, 0.2) is 30.3 Å². The Bertz CT molecular complexity index is 312. The Hall–Kier alpha value is -1.10. The minimum Gasteiger partial charge on any atom is -0.390 e. The molecule has 1 aliphatic heterocycles. The van der Waals surface area contributed by atoms with E-state index in [0.717, 1.165) is 32.0 Å². The van der Waals surface area contributed by atoms with Crippen molar-refractivity contribution in [3.05, 3.63) is 30.3 Å². The van der Waals surface area contributed by atoms with Gasteiger partial charge in [0.2, 0.25) is 0 Å². The SMILES string of the molecule is O[C@@H](CNc1ccccc1)CN1CCOCC1. The fraction of sp³-hybridized carbons (Fsp3) is 0.538. The highest BCUT2D eigenvalue weighted by molar-refractivity contribution is 5.42. The van der Waals surface area contributed by atoms with Crippen molar-refractivity contribution in [2.75, 3.05) is 44.7 Å². The largest absolute Gasteiger partial charge is 0.390 e. The first kappa shape index (κ1) is 12.4. The molecule has 0 radical (unpaired) electrons. The van der Waals surface area contributed by atoms with Crippen molar-refractivity contribution >= 4 is 5.69 Å². The number of aliphatic hydroxyl groups excluding tert-OH is 1. The lowest BCUT2D eigenvalue weighted by Crippen LogP contribution is -2.42. The second kappa shape index (κ2) is 6.59. The lowest BCUT2D eigenvalue weighted by Gasteiger charge is -2.28. The maximum atomic E-state index is 9.92. The van der Waals surface area contributed by atoms with Gasteiger partial charge in [0, 0.05) is 31.9 Å². The molecule has 1 saturated heterocycles. The van der Waals surface area contributed by atoms with Crippen LogP contribution in [0.5, 0.6) is 0 Å². The molecule has 0 saturated carbocycles. The molecule has 1 aromatic rings. The number of morpholine rings is 1. The van der Waals surface area contributed by atoms with Gasteiger partial charge >= 0.3 is 0 Å². The topological polar surface area (TPSA) is 44.7 Å². The number of anilines is 1. The predicted octanol–water partition coefficient (Wildman–Crippen LogP) is 0.792. The number of rotatable bonds is 5. The van der Waals surface area contributed by atoms with Crippen molar-refractivity contribution in [2.24, 2.45) is 0 Å². The summed E-state index contributed by atoms with van der Waals surface area (Å²) in [6.45, 7) is 4.69. The average Bonchev–Trinajstić information content (AvgIpc) is 2.39. The molecule has 1 aromatic carbocycles. The lowest BCUT2D eigenvalue weighted by atomic mass is 10.2. The van der Waals surface area contributed by atoms with Gasteiger partial charge in [0.1, 0.15) is 0 Å². The number of nitrogens with one attached hydrogen (secondary N) is 1. The summed E-state index contributed by atoms with van der Waals surface area (Å²) in [7, 11) is 0. The molecule has 4 nitrogen and oxygen atoms in total. The first-order valence-corrected chi connectivity index (χ1v) is 6.11. The van der Waals surface area contributed by atoms with E-state index in [9.17, 15) is 5.11 Å². The van der Waals surface area contributed by atoms with E-state index in [1.165, 1.54) is 0 Å². The molecule has 2 N–H and O–H groups in total. The van der Waals surface area contributed by atoms with Crippen molar-refractivity contribution in [2.45, 2.75) is 6.10 Å². The van der Waals surface area contributed by atoms with E-state index in [-0.39, 0.29) is 6.10 Å². The predicted molar refractivity (Wildman–Crippen MR) is 68.2 cm³/mol. The Morgan fingerprint density at radius 1 is 1.24 bits per heavy atom. The van der Waals surface area contributed by atoms with Crippen molar-refractivity contribution in [1.29, 1.82) is 0 Å². The Morgan fingerprint density at radius 2 is 1.94 bits per heavy atom. The maximum Gasteiger partial charge on any atom is 0.0839 e. The number of hydrogen-bond donors (Lipinski definition) is 2. The standard InChI is InChI=1S/C13H20N2O2/c16-13(11-15-6-8-17-9-7-15)10-14-12-4-2-1-3-5-12/h1-5,13-14,16H,6-11H2/t13-/m0/s1. The second-order valence-electron chi connectivity index (χ2n) is 4.31. The molecule has 0 aliphatic carbocycles. The molecule has 0 aromatic heterocycles. The van der Waals surface area contributed by atoms with Gasteiger partial charge in [-0.3, -0.25) is 4.90 Å². The summed E-state index contributed by atoms with van der Waals surface area (Å²) in [5.74, 6) is 0. The Kier molecular flexibility index (Phi) is 4.79. The normalized spacial score (nSPS) is 18.9. The van der Waals surface area contributed by atoms with Gasteiger partial charge in [0.15, 0.2) is 0 Å². The molecule has 17 heavy (non-hydrogen) atoms. The van der Waals surface area contributed by atoms with Crippen LogP contribution in [0, 0.1) is 0 Å². The summed E-state index contributed by atoms with van der Waals surface area (Å²) >= 11 is 0. The number of hydrogen-bond acceptors (Lipinski definition) is 4. The van der Waals surface area contributed by atoms with Gasteiger partial charge in [-0.1, -0.05) is 18.2 Å². The maximum absolute atomic E-state index is 9.92. The third kappa shape index (κ3) is 4.34. The van der Waals surface area contributed by atoms with Crippen LogP contribution in [0.2, 0.25) is 0 Å². The molecule has 0 unspecified atom stereocenters. The molecule has 0 spiro atoms. The third-order valence-corrected chi connectivity index (χ3v) is 2.89. The van der Waals surface area contributed by atoms with Crippen LogP contribution >= 0.6 is 0 Å². The van der Waals surface area contributed by atoms with Crippen LogP contribution in [-0.2, 0) is 4.74 Å². The molecular formula is C13H20N2O2. The van der Waals surface area contributed by atoms with E-state index < -0.39 is 0 Å². The van der Waals surface area contributed by atoms with Gasteiger partial charge in [0.05, 0.1) is 19.3 Å². The zero-order valence-electron chi connectivity index (χ0n) is 10.0. The van der Waals surface area contributed by atoms with Crippen molar-refractivity contribution in [3.8, 4) is 0 Å². The van der Waals surface area contributed by atoms with Crippen LogP contribution in [0.3, 0.4) is 0 Å². The minimum absolute atomic E-state index is 0.340. The summed E-state index contributed by atoms with van der Waals surface area (Å²) < 4.78 is 5.27. The highest BCUT2D eigenvalue weighted by atomic mass is 16.5. The van der Waals surface area contributed by atoms with Crippen molar-refractivity contribution in [1.82, 2.24) is 4.90 Å². The summed E-state index contributed by atoms with van der Waals surface area (Å²) in [5.41, 5.74) is 1.05. The van der Waals surface area contributed by atoms with E-state index in [2.05, 4.69) is 10.2 Å². The van der Waals surface area contributed by atoms with Crippen LogP contribution in [0.4, 0.5) is 5.69 Å². The highest BCUT2D eigenvalue weighted by Gasteiger charge is 2.14. The number of para-hydroxylation sites is 1. The van der Waals surface area contributed by atoms with E-state index in [0.29, 0.717) is 13.1 Å². The lowest BCUT2D eigenvalue weighted by molar-refractivity contribution is 0.0171. The molecule has 0 amide bonds. The van der Waals surface area contributed by atoms with E-state index in [4.69, 9.17) is 4.74 Å². The van der Waals surface area contributed by atoms with E-state index >= 15 is 0 Å². The molecule has 4 heteroatoms. The highest BCUT2D eigenvalue weighted by Crippen LogP contribution is 2.05. The van der Waals surface area contributed by atoms with Crippen LogP contribution in [0.25, 0.3) is 0 Å². The van der Waals surface area contributed by atoms with Crippen LogP contribution in [-0.4, -0.2) is 55.5 Å². The van der Waals surface area contributed by atoms with Crippen LogP contribution < -0.4 is 5.32 Å². The molecule has 1 fully saturated rings. The number of ether oxygens (including phenoxy) is 1. The first-order chi connectivity index (χ1) is 8.34. The smallest absolute Gasteiger partial charge is 0.0839 e. The zero-order chi connectivity index (χ0) is 11.9. The third-order valence-electron chi connectivity index (χ3n) is 2.89. The Balaban J connectivity index is 1.68. The number of aliphatic hydroxyl groups is 1. The van der Waals surface area contributed by atoms with Gasteiger partial charge in [0.25, 0.3) is 0 Å². The Labute approximate surface area is 102 Å². The van der Waals surface area contributed by atoms with Crippen LogP contribution in [0.1, 0.15) is 0 Å². The van der Waals surface area contributed by atoms with Gasteiger partial charge in [-0.05, 0) is 12.1 Å². The summed E-state index contributed by atoms with van der Waals surface area (Å²) in [4.78, 5) is 2.24. The van der Waals surface area contributed by atoms with Crippen molar-refractivity contribution < 1.29 is 9.84 Å². The van der Waals surface area contributed by atoms with Gasteiger partial charge < -0.3 is 15.2 Å². The summed E-state index contributed by atoms with van der Waals surface area (Å²) in [6.07, 6.45) is -0.340. The van der Waals surface area contributed by atoms with Crippen molar-refractivity contribution in [3.63, 3.8) is 0 Å². The van der Waals surface area contributed by atoms with E-state index in [1.54, 1.807) is 0 Å². The second-order valence-corrected chi connectivity index (χ2v) is 4.31. The minimum atomic E-state index is -0.340. The van der Waals surface area contributed by atoms with E-state index in [1.807, 2.05) is 30.3 Å². The molecule has 1 atom stereocenters. The fourth-order valence-corrected chi connectivity index (χ4v) is 1.94.